The lowest BCUT2D eigenvalue weighted by molar-refractivity contribution is 0.236. The highest BCUT2D eigenvalue weighted by atomic mass is 79.9. The highest BCUT2D eigenvalue weighted by molar-refractivity contribution is 9.10. The first kappa shape index (κ1) is 11.6. The second-order valence-electron chi connectivity index (χ2n) is 5.03. The van der Waals surface area contributed by atoms with Gasteiger partial charge in [0, 0.05) is 23.1 Å². The number of halogens is 2. The predicted molar refractivity (Wildman–Crippen MR) is 69.2 cm³/mol. The van der Waals surface area contributed by atoms with Crippen LogP contribution in [0.4, 0.5) is 4.39 Å². The molecule has 2 nitrogen and oxygen atoms in total. The molecule has 2 fully saturated rings. The van der Waals surface area contributed by atoms with Crippen molar-refractivity contribution in [2.45, 2.75) is 37.4 Å². The van der Waals surface area contributed by atoms with Gasteiger partial charge in [0.25, 0.3) is 0 Å². The molecule has 2 atom stereocenters. The van der Waals surface area contributed by atoms with Crippen molar-refractivity contribution in [1.82, 2.24) is 4.90 Å². The Morgan fingerprint density at radius 3 is 2.76 bits per heavy atom. The van der Waals surface area contributed by atoms with Crippen molar-refractivity contribution in [2.75, 3.05) is 6.54 Å². The van der Waals surface area contributed by atoms with E-state index in [4.69, 9.17) is 5.73 Å². The van der Waals surface area contributed by atoms with E-state index in [0.717, 1.165) is 23.0 Å². The quantitative estimate of drug-likeness (QED) is 0.910. The van der Waals surface area contributed by atoms with Crippen molar-refractivity contribution >= 4 is 15.9 Å². The number of hydrogen-bond acceptors (Lipinski definition) is 2. The van der Waals surface area contributed by atoms with E-state index in [1.54, 1.807) is 12.1 Å². The van der Waals surface area contributed by atoms with E-state index in [1.807, 2.05) is 0 Å². The monoisotopic (exact) mass is 298 g/mol. The molecular formula is C13H16BrFN2. The number of benzene rings is 1. The molecule has 1 aromatic carbocycles. The van der Waals surface area contributed by atoms with Gasteiger partial charge in [-0.05, 0) is 43.0 Å². The summed E-state index contributed by atoms with van der Waals surface area (Å²) in [5.41, 5.74) is 7.20. The molecule has 0 aromatic heterocycles. The summed E-state index contributed by atoms with van der Waals surface area (Å²) in [5.74, 6) is -0.182. The van der Waals surface area contributed by atoms with Gasteiger partial charge in [0.1, 0.15) is 5.82 Å². The normalized spacial score (nSPS) is 29.8. The third kappa shape index (κ3) is 2.14. The maximum atomic E-state index is 13.4. The fourth-order valence-corrected chi connectivity index (χ4v) is 3.29. The Labute approximate surface area is 109 Å². The molecule has 17 heavy (non-hydrogen) atoms. The van der Waals surface area contributed by atoms with Crippen LogP contribution in [0.25, 0.3) is 0 Å². The van der Waals surface area contributed by atoms with Crippen LogP contribution in [-0.2, 0) is 0 Å². The standard InChI is InChI=1S/C13H16BrFN2/c14-11-4-1-8(15)7-10(11)13-12(16)5-6-17(13)9-2-3-9/h1,4,7,9,12-13H,2-3,5-6,16H2. The van der Waals surface area contributed by atoms with Gasteiger partial charge in [0.05, 0.1) is 6.04 Å². The molecule has 0 bridgehead atoms. The van der Waals surface area contributed by atoms with E-state index in [-0.39, 0.29) is 17.9 Å². The van der Waals surface area contributed by atoms with Crippen LogP contribution in [0, 0.1) is 5.82 Å². The zero-order valence-electron chi connectivity index (χ0n) is 9.57. The third-order valence-electron chi connectivity index (χ3n) is 3.78. The predicted octanol–water partition coefficient (Wildman–Crippen LogP) is 2.82. The largest absolute Gasteiger partial charge is 0.326 e. The Balaban J connectivity index is 1.97. The summed E-state index contributed by atoms with van der Waals surface area (Å²) in [6, 6.07) is 5.84. The second kappa shape index (κ2) is 4.34. The molecule has 2 unspecified atom stereocenters. The molecule has 92 valence electrons. The maximum Gasteiger partial charge on any atom is 0.123 e. The van der Waals surface area contributed by atoms with Crippen molar-refractivity contribution in [3.8, 4) is 0 Å². The lowest BCUT2D eigenvalue weighted by Gasteiger charge is -2.28. The third-order valence-corrected chi connectivity index (χ3v) is 4.50. The van der Waals surface area contributed by atoms with Crippen LogP contribution in [0.1, 0.15) is 30.9 Å². The molecule has 1 saturated heterocycles. The van der Waals surface area contributed by atoms with Gasteiger partial charge in [0.2, 0.25) is 0 Å². The minimum atomic E-state index is -0.182. The number of hydrogen-bond donors (Lipinski definition) is 1. The Hall–Kier alpha value is -0.450. The highest BCUT2D eigenvalue weighted by Gasteiger charge is 2.41. The lowest BCUT2D eigenvalue weighted by atomic mass is 10.0. The van der Waals surface area contributed by atoms with Crippen LogP contribution >= 0.6 is 15.9 Å². The molecule has 0 spiro atoms. The smallest absolute Gasteiger partial charge is 0.123 e. The van der Waals surface area contributed by atoms with Gasteiger partial charge in [-0.2, -0.15) is 0 Å². The van der Waals surface area contributed by atoms with Crippen molar-refractivity contribution in [3.63, 3.8) is 0 Å². The van der Waals surface area contributed by atoms with Crippen molar-refractivity contribution in [3.05, 3.63) is 34.1 Å². The van der Waals surface area contributed by atoms with Crippen molar-refractivity contribution in [2.24, 2.45) is 5.73 Å². The Kier molecular flexibility index (Phi) is 2.97. The van der Waals surface area contributed by atoms with E-state index >= 15 is 0 Å². The van der Waals surface area contributed by atoms with Crippen molar-refractivity contribution in [1.29, 1.82) is 0 Å². The highest BCUT2D eigenvalue weighted by Crippen LogP contribution is 2.42. The zero-order valence-corrected chi connectivity index (χ0v) is 11.2. The number of nitrogens with two attached hydrogens (primary N) is 1. The number of rotatable bonds is 2. The molecule has 1 heterocycles. The Bertz CT molecular complexity index is 433. The first-order valence-electron chi connectivity index (χ1n) is 6.13. The van der Waals surface area contributed by atoms with E-state index in [2.05, 4.69) is 20.8 Å². The fraction of sp³-hybridized carbons (Fsp3) is 0.538. The minimum Gasteiger partial charge on any atom is -0.326 e. The van der Waals surface area contributed by atoms with E-state index in [0.29, 0.717) is 6.04 Å². The molecule has 1 aliphatic heterocycles. The topological polar surface area (TPSA) is 29.3 Å². The number of likely N-dealkylation sites (tertiary alicyclic amines) is 1. The number of nitrogens with zero attached hydrogens (tertiary/aromatic N) is 1. The summed E-state index contributed by atoms with van der Waals surface area (Å²) in [6.45, 7) is 1.04. The Morgan fingerprint density at radius 1 is 1.29 bits per heavy atom. The summed E-state index contributed by atoms with van der Waals surface area (Å²) in [6.07, 6.45) is 3.52. The average Bonchev–Trinajstić information content (AvgIpc) is 3.07. The van der Waals surface area contributed by atoms with E-state index in [1.165, 1.54) is 18.9 Å². The molecule has 2 N–H and O–H groups in total. The summed E-state index contributed by atoms with van der Waals surface area (Å²) in [7, 11) is 0. The maximum absolute atomic E-state index is 13.4. The first-order valence-corrected chi connectivity index (χ1v) is 6.92. The van der Waals surface area contributed by atoms with Gasteiger partial charge < -0.3 is 5.73 Å². The molecule has 3 rings (SSSR count). The molecule has 2 aliphatic rings. The summed E-state index contributed by atoms with van der Waals surface area (Å²) in [5, 5.41) is 0. The summed E-state index contributed by atoms with van der Waals surface area (Å²) >= 11 is 3.52. The summed E-state index contributed by atoms with van der Waals surface area (Å²) < 4.78 is 14.4. The van der Waals surface area contributed by atoms with Crippen LogP contribution < -0.4 is 5.73 Å². The first-order chi connectivity index (χ1) is 8.16. The van der Waals surface area contributed by atoms with Gasteiger partial charge in [-0.15, -0.1) is 0 Å². The Morgan fingerprint density at radius 2 is 2.06 bits per heavy atom. The molecular weight excluding hydrogens is 283 g/mol. The van der Waals surface area contributed by atoms with Gasteiger partial charge in [-0.1, -0.05) is 15.9 Å². The molecule has 1 saturated carbocycles. The molecule has 4 heteroatoms. The van der Waals surface area contributed by atoms with Gasteiger partial charge in [-0.25, -0.2) is 4.39 Å². The second-order valence-corrected chi connectivity index (χ2v) is 5.89. The van der Waals surface area contributed by atoms with Crippen molar-refractivity contribution < 1.29 is 4.39 Å². The SMILES string of the molecule is NC1CCN(C2CC2)C1c1cc(F)ccc1Br. The fourth-order valence-electron chi connectivity index (χ4n) is 2.81. The summed E-state index contributed by atoms with van der Waals surface area (Å²) in [4.78, 5) is 2.45. The van der Waals surface area contributed by atoms with Gasteiger partial charge >= 0.3 is 0 Å². The van der Waals surface area contributed by atoms with E-state index < -0.39 is 0 Å². The van der Waals surface area contributed by atoms with Crippen LogP contribution in [-0.4, -0.2) is 23.5 Å². The van der Waals surface area contributed by atoms with Gasteiger partial charge in [0.15, 0.2) is 0 Å². The minimum absolute atomic E-state index is 0.119. The molecule has 1 aromatic rings. The zero-order chi connectivity index (χ0) is 12.0. The molecule has 1 aliphatic carbocycles. The van der Waals surface area contributed by atoms with Crippen LogP contribution in [0.15, 0.2) is 22.7 Å². The van der Waals surface area contributed by atoms with Crippen LogP contribution in [0.3, 0.4) is 0 Å². The molecule has 0 amide bonds. The van der Waals surface area contributed by atoms with E-state index in [9.17, 15) is 4.39 Å². The van der Waals surface area contributed by atoms with Gasteiger partial charge in [-0.3, -0.25) is 4.90 Å². The lowest BCUT2D eigenvalue weighted by Crippen LogP contribution is -2.33. The van der Waals surface area contributed by atoms with Crippen LogP contribution in [0.5, 0.6) is 0 Å². The average molecular weight is 299 g/mol. The van der Waals surface area contributed by atoms with Crippen LogP contribution in [0.2, 0.25) is 0 Å². The molecule has 0 radical (unpaired) electrons.